The molecule has 1 fully saturated rings. The second-order valence-corrected chi connectivity index (χ2v) is 7.61. The Balaban J connectivity index is 1.45. The van der Waals surface area contributed by atoms with E-state index >= 15 is 0 Å². The summed E-state index contributed by atoms with van der Waals surface area (Å²) in [6, 6.07) is 16.8. The van der Waals surface area contributed by atoms with Crippen LogP contribution in [-0.4, -0.2) is 66.6 Å². The number of ether oxygens (including phenoxy) is 2. The molecule has 0 bridgehead atoms. The van der Waals surface area contributed by atoms with Crippen molar-refractivity contribution in [3.8, 4) is 17.2 Å². The molecule has 1 aliphatic heterocycles. The fourth-order valence-electron chi connectivity index (χ4n) is 4.01. The molecule has 1 saturated heterocycles. The third kappa shape index (κ3) is 4.32. The second-order valence-electron chi connectivity index (χ2n) is 7.61. The standard InChI is InChI=1S/C25H27N3O4/c1-31-21-7-5-8-22(32-2)23(21)25(30)28-16-6-15-27(17-18-28)24(29)19-9-11-20(12-10-19)26-13-3-4-14-26/h3-5,7-14H,6,15-18H2,1-2H3. The predicted octanol–water partition coefficient (Wildman–Crippen LogP) is 3.48. The molecule has 0 atom stereocenters. The SMILES string of the molecule is COc1cccc(OC)c1C(=O)N1CCCN(C(=O)c2ccc(-n3cccc3)cc2)CC1. The molecule has 0 N–H and O–H groups in total. The molecule has 0 aliphatic carbocycles. The van der Waals surface area contributed by atoms with Gasteiger partial charge in [-0.1, -0.05) is 6.07 Å². The average Bonchev–Trinajstić information content (AvgIpc) is 3.27. The molecule has 0 spiro atoms. The zero-order chi connectivity index (χ0) is 22.5. The Morgan fingerprint density at radius 1 is 0.719 bits per heavy atom. The average molecular weight is 434 g/mol. The monoisotopic (exact) mass is 433 g/mol. The number of carbonyl (C=O) groups excluding carboxylic acids is 2. The normalized spacial score (nSPS) is 14.1. The fourth-order valence-corrected chi connectivity index (χ4v) is 4.01. The second kappa shape index (κ2) is 9.60. The van der Waals surface area contributed by atoms with Crippen LogP contribution in [0, 0.1) is 0 Å². The number of hydrogen-bond acceptors (Lipinski definition) is 4. The molecule has 32 heavy (non-hydrogen) atoms. The Bertz CT molecular complexity index is 1050. The minimum atomic E-state index is -0.148. The molecular formula is C25H27N3O4. The van der Waals surface area contributed by atoms with Crippen LogP contribution >= 0.6 is 0 Å². The Labute approximate surface area is 187 Å². The van der Waals surface area contributed by atoms with E-state index in [1.807, 2.05) is 58.3 Å². The highest BCUT2D eigenvalue weighted by Crippen LogP contribution is 2.30. The van der Waals surface area contributed by atoms with Crippen molar-refractivity contribution in [2.45, 2.75) is 6.42 Å². The van der Waals surface area contributed by atoms with Gasteiger partial charge in [0.25, 0.3) is 11.8 Å². The van der Waals surface area contributed by atoms with Gasteiger partial charge in [-0.2, -0.15) is 0 Å². The quantitative estimate of drug-likeness (QED) is 0.618. The van der Waals surface area contributed by atoms with Crippen LogP contribution in [0.5, 0.6) is 11.5 Å². The molecule has 1 aliphatic rings. The van der Waals surface area contributed by atoms with Gasteiger partial charge >= 0.3 is 0 Å². The van der Waals surface area contributed by atoms with E-state index in [1.54, 1.807) is 23.1 Å². The van der Waals surface area contributed by atoms with Crippen LogP contribution in [0.25, 0.3) is 5.69 Å². The van der Waals surface area contributed by atoms with Crippen molar-refractivity contribution >= 4 is 11.8 Å². The van der Waals surface area contributed by atoms with Crippen molar-refractivity contribution in [1.82, 2.24) is 14.4 Å². The lowest BCUT2D eigenvalue weighted by Gasteiger charge is -2.23. The van der Waals surface area contributed by atoms with Gasteiger partial charge in [-0.25, -0.2) is 0 Å². The highest BCUT2D eigenvalue weighted by molar-refractivity contribution is 6.00. The van der Waals surface area contributed by atoms with Gasteiger partial charge in [0, 0.05) is 49.8 Å². The summed E-state index contributed by atoms with van der Waals surface area (Å²) in [6.07, 6.45) is 4.64. The van der Waals surface area contributed by atoms with E-state index in [0.29, 0.717) is 55.2 Å². The van der Waals surface area contributed by atoms with Gasteiger partial charge in [0.2, 0.25) is 0 Å². The summed E-state index contributed by atoms with van der Waals surface area (Å²) in [7, 11) is 3.08. The summed E-state index contributed by atoms with van der Waals surface area (Å²) in [5.41, 5.74) is 2.06. The minimum absolute atomic E-state index is 0.0202. The van der Waals surface area contributed by atoms with Gasteiger partial charge in [0.05, 0.1) is 14.2 Å². The van der Waals surface area contributed by atoms with Gasteiger partial charge in [0.1, 0.15) is 17.1 Å². The lowest BCUT2D eigenvalue weighted by atomic mass is 10.1. The number of benzene rings is 2. The zero-order valence-electron chi connectivity index (χ0n) is 18.4. The Kier molecular flexibility index (Phi) is 6.44. The third-order valence-electron chi connectivity index (χ3n) is 5.73. The number of amides is 2. The fraction of sp³-hybridized carbons (Fsp3) is 0.280. The van der Waals surface area contributed by atoms with Crippen LogP contribution < -0.4 is 9.47 Å². The van der Waals surface area contributed by atoms with Crippen LogP contribution in [0.2, 0.25) is 0 Å². The van der Waals surface area contributed by atoms with Crippen molar-refractivity contribution < 1.29 is 19.1 Å². The summed E-state index contributed by atoms with van der Waals surface area (Å²) in [4.78, 5) is 29.9. The molecule has 7 nitrogen and oxygen atoms in total. The molecule has 3 aromatic rings. The first-order valence-electron chi connectivity index (χ1n) is 10.7. The lowest BCUT2D eigenvalue weighted by Crippen LogP contribution is -2.37. The van der Waals surface area contributed by atoms with E-state index in [-0.39, 0.29) is 11.8 Å². The van der Waals surface area contributed by atoms with Crippen LogP contribution in [0.15, 0.2) is 67.0 Å². The molecule has 2 amide bonds. The summed E-state index contributed by atoms with van der Waals surface area (Å²) in [5, 5.41) is 0. The van der Waals surface area contributed by atoms with E-state index in [4.69, 9.17) is 9.47 Å². The van der Waals surface area contributed by atoms with Crippen LogP contribution in [-0.2, 0) is 0 Å². The van der Waals surface area contributed by atoms with E-state index < -0.39 is 0 Å². The zero-order valence-corrected chi connectivity index (χ0v) is 18.4. The summed E-state index contributed by atoms with van der Waals surface area (Å²) < 4.78 is 12.8. The number of hydrogen-bond donors (Lipinski definition) is 0. The molecule has 0 saturated carbocycles. The highest BCUT2D eigenvalue weighted by atomic mass is 16.5. The van der Waals surface area contributed by atoms with Crippen LogP contribution in [0.1, 0.15) is 27.1 Å². The van der Waals surface area contributed by atoms with Crippen molar-refractivity contribution in [3.05, 3.63) is 78.1 Å². The summed E-state index contributed by atoms with van der Waals surface area (Å²) in [5.74, 6) is 0.793. The maximum atomic E-state index is 13.3. The summed E-state index contributed by atoms with van der Waals surface area (Å²) >= 11 is 0. The first kappa shape index (κ1) is 21.5. The molecule has 1 aromatic heterocycles. The van der Waals surface area contributed by atoms with Gasteiger partial charge in [-0.3, -0.25) is 9.59 Å². The van der Waals surface area contributed by atoms with Gasteiger partial charge < -0.3 is 23.8 Å². The minimum Gasteiger partial charge on any atom is -0.496 e. The lowest BCUT2D eigenvalue weighted by molar-refractivity contribution is 0.0715. The Hall–Kier alpha value is -3.74. The Morgan fingerprint density at radius 3 is 1.84 bits per heavy atom. The van der Waals surface area contributed by atoms with E-state index in [2.05, 4.69) is 0 Å². The molecule has 4 rings (SSSR count). The first-order chi connectivity index (χ1) is 15.6. The maximum Gasteiger partial charge on any atom is 0.261 e. The number of methoxy groups -OCH3 is 2. The number of carbonyl (C=O) groups is 2. The smallest absolute Gasteiger partial charge is 0.261 e. The molecule has 0 unspecified atom stereocenters. The highest BCUT2D eigenvalue weighted by Gasteiger charge is 2.27. The van der Waals surface area contributed by atoms with Gasteiger partial charge in [-0.05, 0) is 55.0 Å². The third-order valence-corrected chi connectivity index (χ3v) is 5.73. The largest absolute Gasteiger partial charge is 0.496 e. The molecular weight excluding hydrogens is 406 g/mol. The van der Waals surface area contributed by atoms with E-state index in [9.17, 15) is 9.59 Å². The van der Waals surface area contributed by atoms with Gasteiger partial charge in [-0.15, -0.1) is 0 Å². The van der Waals surface area contributed by atoms with E-state index in [1.165, 1.54) is 14.2 Å². The molecule has 2 heterocycles. The number of aromatic nitrogens is 1. The summed E-state index contributed by atoms with van der Waals surface area (Å²) in [6.45, 7) is 2.09. The predicted molar refractivity (Wildman–Crippen MR) is 122 cm³/mol. The first-order valence-corrected chi connectivity index (χ1v) is 10.7. The molecule has 7 heteroatoms. The van der Waals surface area contributed by atoms with Crippen molar-refractivity contribution in [2.24, 2.45) is 0 Å². The van der Waals surface area contributed by atoms with E-state index in [0.717, 1.165) is 5.69 Å². The Morgan fingerprint density at radius 2 is 1.28 bits per heavy atom. The number of rotatable bonds is 5. The van der Waals surface area contributed by atoms with Crippen LogP contribution in [0.3, 0.4) is 0 Å². The van der Waals surface area contributed by atoms with Crippen molar-refractivity contribution in [3.63, 3.8) is 0 Å². The van der Waals surface area contributed by atoms with Gasteiger partial charge in [0.15, 0.2) is 0 Å². The maximum absolute atomic E-state index is 13.3. The van der Waals surface area contributed by atoms with Crippen molar-refractivity contribution in [2.75, 3.05) is 40.4 Å². The number of nitrogens with zero attached hydrogens (tertiary/aromatic N) is 3. The molecule has 2 aromatic carbocycles. The molecule has 0 radical (unpaired) electrons. The topological polar surface area (TPSA) is 64.0 Å². The van der Waals surface area contributed by atoms with Crippen molar-refractivity contribution in [1.29, 1.82) is 0 Å². The van der Waals surface area contributed by atoms with Crippen LogP contribution in [0.4, 0.5) is 0 Å². The molecule has 166 valence electrons.